The van der Waals surface area contributed by atoms with Crippen molar-refractivity contribution in [3.8, 4) is 0 Å². The van der Waals surface area contributed by atoms with Crippen LogP contribution >= 0.6 is 0 Å². The number of halogens is 2. The molecule has 0 spiro atoms. The molecule has 14 heteroatoms. The number of nitrogens with one attached hydrogen (secondary N) is 2. The number of rotatable bonds is 18. The van der Waals surface area contributed by atoms with Crippen molar-refractivity contribution in [3.63, 3.8) is 0 Å². The van der Waals surface area contributed by atoms with Gasteiger partial charge in [-0.05, 0) is 73.7 Å². The smallest absolute Gasteiger partial charge is 0.253 e. The van der Waals surface area contributed by atoms with E-state index in [0.717, 1.165) is 12.1 Å². The molecule has 50 heavy (non-hydrogen) atoms. The number of carbonyl (C=O) groups is 3. The summed E-state index contributed by atoms with van der Waals surface area (Å²) in [5.74, 6) is -3.28. The molecule has 3 N–H and O–H groups in total. The van der Waals surface area contributed by atoms with Crippen molar-refractivity contribution in [3.05, 3.63) is 101 Å². The highest BCUT2D eigenvalue weighted by Crippen LogP contribution is 2.18. The van der Waals surface area contributed by atoms with E-state index in [-0.39, 0.29) is 52.6 Å². The van der Waals surface area contributed by atoms with Crippen molar-refractivity contribution in [1.29, 1.82) is 0 Å². The zero-order chi connectivity index (χ0) is 37.0. The molecular weight excluding hydrogens is 668 g/mol. The Hall–Kier alpha value is -4.24. The molecule has 2 atom stereocenters. The van der Waals surface area contributed by atoms with E-state index in [2.05, 4.69) is 10.1 Å². The topological polar surface area (TPSA) is 139 Å². The molecular formula is C36H47F2N5O6S. The highest BCUT2D eigenvalue weighted by atomic mass is 32.2. The van der Waals surface area contributed by atoms with Crippen LogP contribution in [0.15, 0.2) is 71.6 Å². The predicted octanol–water partition coefficient (Wildman–Crippen LogP) is 4.24. The number of aliphatic hydroxyl groups is 1. The molecule has 0 bridgehead atoms. The average molecular weight is 716 g/mol. The van der Waals surface area contributed by atoms with Gasteiger partial charge in [0.1, 0.15) is 11.6 Å². The van der Waals surface area contributed by atoms with Crippen molar-refractivity contribution < 1.29 is 36.7 Å². The number of amides is 3. The summed E-state index contributed by atoms with van der Waals surface area (Å²) in [4.78, 5) is 46.0. The predicted molar refractivity (Wildman–Crippen MR) is 187 cm³/mol. The Morgan fingerprint density at radius 3 is 1.86 bits per heavy atom. The number of sulfonamides is 1. The fourth-order valence-corrected chi connectivity index (χ4v) is 6.56. The van der Waals surface area contributed by atoms with Gasteiger partial charge in [0.15, 0.2) is 0 Å². The Bertz CT molecular complexity index is 1700. The quantitative estimate of drug-likeness (QED) is 0.168. The minimum Gasteiger partial charge on any atom is -0.390 e. The molecule has 0 aliphatic carbocycles. The van der Waals surface area contributed by atoms with E-state index in [1.54, 1.807) is 23.1 Å². The monoisotopic (exact) mass is 715 g/mol. The van der Waals surface area contributed by atoms with Crippen LogP contribution in [-0.4, -0.2) is 98.5 Å². The molecule has 272 valence electrons. The molecule has 0 heterocycles. The second-order valence-electron chi connectivity index (χ2n) is 12.3. The molecule has 0 radical (unpaired) electrons. The summed E-state index contributed by atoms with van der Waals surface area (Å²) in [5.41, 5.74) is 0.291. The summed E-state index contributed by atoms with van der Waals surface area (Å²) in [6.45, 7) is 6.50. The van der Waals surface area contributed by atoms with Crippen LogP contribution in [0.1, 0.15) is 76.7 Å². The van der Waals surface area contributed by atoms with Crippen LogP contribution in [0.25, 0.3) is 0 Å². The first-order valence-electron chi connectivity index (χ1n) is 16.6. The molecule has 0 aliphatic rings. The summed E-state index contributed by atoms with van der Waals surface area (Å²) in [6, 6.07) is 13.4. The lowest BCUT2D eigenvalue weighted by atomic mass is 9.98. The first kappa shape index (κ1) is 40.2. The minimum absolute atomic E-state index is 0.00428. The molecule has 0 fully saturated rings. The van der Waals surface area contributed by atoms with Gasteiger partial charge >= 0.3 is 0 Å². The zero-order valence-electron chi connectivity index (χ0n) is 29.2. The number of hydrazine groups is 1. The fraction of sp³-hybridized carbons (Fsp3) is 0.417. The lowest BCUT2D eigenvalue weighted by Gasteiger charge is -2.30. The molecule has 2 unspecified atom stereocenters. The lowest BCUT2D eigenvalue weighted by Crippen LogP contribution is -2.53. The summed E-state index contributed by atoms with van der Waals surface area (Å²) < 4.78 is 54.6. The molecule has 0 saturated carbocycles. The molecule has 0 aromatic heterocycles. The standard InChI is InChI=1S/C36H47F2N5O6S/c1-6-14-42(15-7-2)36(47)28-21-26(20-27(22-28)35(46)41(4)5)34(45)39-32(19-25-17-29(37)23-30(38)18-25)33(44)24-43(16-8-3)40-50(48,49)31-12-10-9-11-13-31/h9-13,17-18,20-23,32-33,40,44H,6-8,14-16,19,24H2,1-5H3,(H,39,45). The normalized spacial score (nSPS) is 12.7. The molecule has 0 saturated heterocycles. The summed E-state index contributed by atoms with van der Waals surface area (Å²) in [7, 11) is -0.957. The van der Waals surface area contributed by atoms with Gasteiger partial charge in [0.2, 0.25) is 0 Å². The van der Waals surface area contributed by atoms with Crippen LogP contribution in [0, 0.1) is 11.6 Å². The van der Waals surface area contributed by atoms with Gasteiger partial charge in [0.25, 0.3) is 27.7 Å². The first-order valence-corrected chi connectivity index (χ1v) is 18.1. The largest absolute Gasteiger partial charge is 0.390 e. The van der Waals surface area contributed by atoms with Crippen molar-refractivity contribution in [2.24, 2.45) is 0 Å². The highest BCUT2D eigenvalue weighted by molar-refractivity contribution is 7.89. The fourth-order valence-electron chi connectivity index (χ4n) is 5.44. The molecule has 11 nitrogen and oxygen atoms in total. The Labute approximate surface area is 293 Å². The third-order valence-corrected chi connectivity index (χ3v) is 9.12. The summed E-state index contributed by atoms with van der Waals surface area (Å²) in [6.07, 6.45) is 0.189. The van der Waals surface area contributed by atoms with E-state index in [0.29, 0.717) is 38.4 Å². The van der Waals surface area contributed by atoms with Crippen molar-refractivity contribution >= 4 is 27.7 Å². The Morgan fingerprint density at radius 1 is 0.780 bits per heavy atom. The molecule has 3 amide bonds. The lowest BCUT2D eigenvalue weighted by molar-refractivity contribution is 0.0618. The summed E-state index contributed by atoms with van der Waals surface area (Å²) >= 11 is 0. The van der Waals surface area contributed by atoms with Crippen molar-refractivity contribution in [2.75, 3.05) is 40.3 Å². The molecule has 3 aromatic rings. The zero-order valence-corrected chi connectivity index (χ0v) is 30.0. The van der Waals surface area contributed by atoms with Crippen LogP contribution in [0.3, 0.4) is 0 Å². The molecule has 3 aromatic carbocycles. The van der Waals surface area contributed by atoms with E-state index >= 15 is 0 Å². The average Bonchev–Trinajstić information content (AvgIpc) is 3.06. The molecule has 0 aliphatic heterocycles. The SMILES string of the molecule is CCCN(CC(O)C(Cc1cc(F)cc(F)c1)NC(=O)c1cc(C(=O)N(C)C)cc(C(=O)N(CCC)CCC)c1)NS(=O)(=O)c1ccccc1. The van der Waals surface area contributed by atoms with Gasteiger partial charge in [-0.2, -0.15) is 0 Å². The third kappa shape index (κ3) is 11.4. The number of hydrogen-bond donors (Lipinski definition) is 3. The van der Waals surface area contributed by atoms with Crippen LogP contribution in [0.5, 0.6) is 0 Å². The van der Waals surface area contributed by atoms with Crippen LogP contribution in [0.4, 0.5) is 8.78 Å². The van der Waals surface area contributed by atoms with Crippen molar-refractivity contribution in [1.82, 2.24) is 25.0 Å². The van der Waals surface area contributed by atoms with Crippen LogP contribution < -0.4 is 10.1 Å². The summed E-state index contributed by atoms with van der Waals surface area (Å²) in [5, 5.41) is 15.5. The number of carbonyl (C=O) groups excluding carboxylic acids is 3. The highest BCUT2D eigenvalue weighted by Gasteiger charge is 2.28. The number of benzene rings is 3. The van der Waals surface area contributed by atoms with Gasteiger partial charge in [-0.1, -0.05) is 39.0 Å². The van der Waals surface area contributed by atoms with Gasteiger partial charge in [-0.15, -0.1) is 4.83 Å². The first-order chi connectivity index (χ1) is 23.7. The van der Waals surface area contributed by atoms with E-state index in [4.69, 9.17) is 0 Å². The van der Waals surface area contributed by atoms with Gasteiger partial charge in [-0.3, -0.25) is 14.4 Å². The third-order valence-electron chi connectivity index (χ3n) is 7.73. The number of aliphatic hydroxyl groups excluding tert-OH is 1. The maximum atomic E-state index is 14.2. The Morgan fingerprint density at radius 2 is 1.32 bits per heavy atom. The van der Waals surface area contributed by atoms with Gasteiger partial charge in [-0.25, -0.2) is 22.2 Å². The minimum atomic E-state index is -4.03. The van der Waals surface area contributed by atoms with E-state index in [9.17, 15) is 36.7 Å². The maximum Gasteiger partial charge on any atom is 0.253 e. The van der Waals surface area contributed by atoms with Gasteiger partial charge in [0, 0.05) is 63.0 Å². The number of nitrogens with zero attached hydrogens (tertiary/aromatic N) is 3. The van der Waals surface area contributed by atoms with E-state index in [1.807, 2.05) is 20.8 Å². The Balaban J connectivity index is 2.01. The molecule has 3 rings (SSSR count). The van der Waals surface area contributed by atoms with Gasteiger partial charge < -0.3 is 20.2 Å². The van der Waals surface area contributed by atoms with Gasteiger partial charge in [0.05, 0.1) is 17.0 Å². The maximum absolute atomic E-state index is 14.2. The van der Waals surface area contributed by atoms with Crippen LogP contribution in [0.2, 0.25) is 0 Å². The van der Waals surface area contributed by atoms with E-state index in [1.165, 1.54) is 54.3 Å². The number of hydrogen-bond acceptors (Lipinski definition) is 7. The van der Waals surface area contributed by atoms with Crippen LogP contribution in [-0.2, 0) is 16.4 Å². The second kappa shape index (κ2) is 18.7. The Kier molecular flexibility index (Phi) is 15.0. The van der Waals surface area contributed by atoms with Crippen molar-refractivity contribution in [2.45, 2.75) is 63.5 Å². The second-order valence-corrected chi connectivity index (χ2v) is 13.9. The van der Waals surface area contributed by atoms with E-state index < -0.39 is 45.6 Å².